The minimum absolute atomic E-state index is 0.828. The van der Waals surface area contributed by atoms with E-state index in [1.165, 1.54) is 0 Å². The van der Waals surface area contributed by atoms with Gasteiger partial charge in [-0.2, -0.15) is 0 Å². The van der Waals surface area contributed by atoms with Crippen LogP contribution in [0.1, 0.15) is 0 Å². The highest BCUT2D eigenvalue weighted by Crippen LogP contribution is 2.27. The lowest BCUT2D eigenvalue weighted by Gasteiger charge is -2.02. The van der Waals surface area contributed by atoms with E-state index in [1.807, 2.05) is 30.3 Å². The van der Waals surface area contributed by atoms with Crippen LogP contribution in [0.5, 0.6) is 0 Å². The van der Waals surface area contributed by atoms with Crippen LogP contribution in [0.25, 0.3) is 10.8 Å². The van der Waals surface area contributed by atoms with E-state index in [0.717, 1.165) is 20.9 Å². The molecule has 6 heteroatoms. The quantitative estimate of drug-likeness (QED) is 0.396. The van der Waals surface area contributed by atoms with E-state index >= 15 is 0 Å². The van der Waals surface area contributed by atoms with Gasteiger partial charge in [0, 0.05) is 15.5 Å². The first-order valence-electron chi connectivity index (χ1n) is 4.28. The molecule has 0 spiro atoms. The van der Waals surface area contributed by atoms with E-state index in [2.05, 4.69) is 22.0 Å². The van der Waals surface area contributed by atoms with Crippen molar-refractivity contribution in [1.29, 1.82) is 0 Å². The Morgan fingerprint density at radius 3 is 2.06 bits per heavy atom. The second-order valence-electron chi connectivity index (χ2n) is 2.92. The summed E-state index contributed by atoms with van der Waals surface area (Å²) >= 11 is 3.48. The molecule has 2 aromatic rings. The third kappa shape index (κ3) is 3.48. The predicted octanol–water partition coefficient (Wildman–Crippen LogP) is 2.26. The second-order valence-corrected chi connectivity index (χ2v) is 4.25. The molecular formula is C10H10BrNO3S. The van der Waals surface area contributed by atoms with Crippen LogP contribution in [0, 0.1) is 0 Å². The Kier molecular flexibility index (Phi) is 4.72. The summed E-state index contributed by atoms with van der Waals surface area (Å²) in [5, 5.41) is 2.27. The fraction of sp³-hybridized carbons (Fsp3) is 0. The molecule has 0 unspecified atom stereocenters. The highest BCUT2D eigenvalue weighted by molar-refractivity contribution is 9.10. The van der Waals surface area contributed by atoms with Crippen molar-refractivity contribution in [2.75, 3.05) is 5.73 Å². The first-order valence-corrected chi connectivity index (χ1v) is 6.20. The average Bonchev–Trinajstić information content (AvgIpc) is 2.23. The van der Waals surface area contributed by atoms with Gasteiger partial charge in [0.15, 0.2) is 0 Å². The van der Waals surface area contributed by atoms with E-state index in [-0.39, 0.29) is 0 Å². The lowest BCUT2D eigenvalue weighted by Crippen LogP contribution is -1.86. The Bertz CT molecular complexity index is 520. The van der Waals surface area contributed by atoms with Gasteiger partial charge in [0.1, 0.15) is 0 Å². The first-order chi connectivity index (χ1) is 7.52. The molecule has 0 radical (unpaired) electrons. The molecule has 0 bridgehead atoms. The normalized spacial score (nSPS) is 9.94. The molecule has 4 nitrogen and oxygen atoms in total. The number of rotatable bonds is 0. The molecule has 86 valence electrons. The van der Waals surface area contributed by atoms with Crippen LogP contribution in [-0.2, 0) is 11.0 Å². The van der Waals surface area contributed by atoms with E-state index in [0.29, 0.717) is 0 Å². The van der Waals surface area contributed by atoms with Gasteiger partial charge in [0.05, 0.1) is 0 Å². The number of halogens is 1. The van der Waals surface area contributed by atoms with Crippen molar-refractivity contribution in [3.63, 3.8) is 0 Å². The van der Waals surface area contributed by atoms with Crippen molar-refractivity contribution in [3.8, 4) is 0 Å². The number of fused-ring (bicyclic) bond motifs is 1. The molecule has 2 rings (SSSR count). The maximum Gasteiger partial charge on any atom is 0.254 e. The third-order valence-corrected chi connectivity index (χ3v) is 2.60. The van der Waals surface area contributed by atoms with Gasteiger partial charge in [0.25, 0.3) is 11.0 Å². The van der Waals surface area contributed by atoms with Gasteiger partial charge in [0.2, 0.25) is 0 Å². The molecule has 0 amide bonds. The Balaban J connectivity index is 0.000000280. The summed E-state index contributed by atoms with van der Waals surface area (Å²) in [7, 11) is -3.12. The monoisotopic (exact) mass is 303 g/mol. The zero-order chi connectivity index (χ0) is 12.1. The van der Waals surface area contributed by atoms with Crippen molar-refractivity contribution >= 4 is 43.4 Å². The summed E-state index contributed by atoms with van der Waals surface area (Å²) in [5.41, 5.74) is 6.63. The lowest BCUT2D eigenvalue weighted by molar-refractivity contribution is 0.509. The zero-order valence-electron chi connectivity index (χ0n) is 8.13. The summed E-state index contributed by atoms with van der Waals surface area (Å²) in [6.45, 7) is 0. The maximum atomic E-state index is 8.59. The number of benzene rings is 2. The lowest BCUT2D eigenvalue weighted by atomic mass is 10.1. The Morgan fingerprint density at radius 2 is 1.56 bits per heavy atom. The van der Waals surface area contributed by atoms with Crippen LogP contribution in [0.15, 0.2) is 40.9 Å². The van der Waals surface area contributed by atoms with E-state index in [1.54, 1.807) is 0 Å². The SMILES string of the molecule is Nc1ccc(Br)c2ccccc12.O=[SH](=O)O. The zero-order valence-corrected chi connectivity index (χ0v) is 10.6. The van der Waals surface area contributed by atoms with E-state index < -0.39 is 11.0 Å². The molecule has 0 aliphatic rings. The minimum Gasteiger partial charge on any atom is -0.398 e. The fourth-order valence-corrected chi connectivity index (χ4v) is 1.76. The van der Waals surface area contributed by atoms with Crippen LogP contribution in [0.4, 0.5) is 5.69 Å². The molecule has 0 atom stereocenters. The molecule has 0 aliphatic heterocycles. The molecule has 0 fully saturated rings. The molecule has 0 heterocycles. The van der Waals surface area contributed by atoms with Crippen molar-refractivity contribution < 1.29 is 13.0 Å². The summed E-state index contributed by atoms with van der Waals surface area (Å²) in [6.07, 6.45) is 0. The largest absolute Gasteiger partial charge is 0.398 e. The van der Waals surface area contributed by atoms with Gasteiger partial charge in [-0.3, -0.25) is 4.55 Å². The van der Waals surface area contributed by atoms with Crippen LogP contribution in [-0.4, -0.2) is 13.0 Å². The molecule has 0 aliphatic carbocycles. The predicted molar refractivity (Wildman–Crippen MR) is 69.0 cm³/mol. The standard InChI is InChI=1S/C10H8BrN.H2O3S/c11-9-5-6-10(12)8-4-2-1-3-7(8)9;1-4(2)3/h1-6H,12H2;4H,(H,1,2,3). The van der Waals surface area contributed by atoms with E-state index in [4.69, 9.17) is 18.7 Å². The Morgan fingerprint density at radius 1 is 1.06 bits per heavy atom. The molecule has 0 saturated heterocycles. The Hall–Kier alpha value is -1.11. The smallest absolute Gasteiger partial charge is 0.254 e. The van der Waals surface area contributed by atoms with Crippen LogP contribution < -0.4 is 5.73 Å². The van der Waals surface area contributed by atoms with E-state index in [9.17, 15) is 0 Å². The highest BCUT2D eigenvalue weighted by Gasteiger charge is 1.99. The fourth-order valence-electron chi connectivity index (χ4n) is 1.29. The average molecular weight is 304 g/mol. The first kappa shape index (κ1) is 13.0. The van der Waals surface area contributed by atoms with Crippen molar-refractivity contribution in [2.24, 2.45) is 0 Å². The number of anilines is 1. The van der Waals surface area contributed by atoms with Gasteiger partial charge >= 0.3 is 0 Å². The van der Waals surface area contributed by atoms with Crippen LogP contribution in [0.3, 0.4) is 0 Å². The molecule has 2 aromatic carbocycles. The van der Waals surface area contributed by atoms with Crippen molar-refractivity contribution in [2.45, 2.75) is 0 Å². The number of nitrogens with two attached hydrogens (primary N) is 1. The molecule has 0 aromatic heterocycles. The Labute approximate surface area is 103 Å². The van der Waals surface area contributed by atoms with Crippen LogP contribution in [0.2, 0.25) is 0 Å². The van der Waals surface area contributed by atoms with Gasteiger partial charge in [-0.1, -0.05) is 40.2 Å². The molecule has 0 saturated carbocycles. The topological polar surface area (TPSA) is 80.4 Å². The summed E-state index contributed by atoms with van der Waals surface area (Å²) in [5.74, 6) is 0. The summed E-state index contributed by atoms with van der Waals surface area (Å²) in [6, 6.07) is 12.0. The van der Waals surface area contributed by atoms with Gasteiger partial charge in [-0.15, -0.1) is 0 Å². The second kappa shape index (κ2) is 5.83. The van der Waals surface area contributed by atoms with Gasteiger partial charge < -0.3 is 5.73 Å². The van der Waals surface area contributed by atoms with Crippen molar-refractivity contribution in [1.82, 2.24) is 0 Å². The van der Waals surface area contributed by atoms with Crippen LogP contribution >= 0.6 is 15.9 Å². The minimum atomic E-state index is -3.12. The number of thiol groups is 1. The maximum absolute atomic E-state index is 8.59. The third-order valence-electron chi connectivity index (χ3n) is 1.90. The van der Waals surface area contributed by atoms with Gasteiger partial charge in [-0.05, 0) is 17.5 Å². The number of hydrogen-bond donors (Lipinski definition) is 3. The summed E-state index contributed by atoms with van der Waals surface area (Å²) < 4.78 is 25.3. The number of nitrogen functional groups attached to an aromatic ring is 1. The molecular weight excluding hydrogens is 294 g/mol. The van der Waals surface area contributed by atoms with Gasteiger partial charge in [-0.25, -0.2) is 8.42 Å². The van der Waals surface area contributed by atoms with Crippen molar-refractivity contribution in [3.05, 3.63) is 40.9 Å². The number of hydrogen-bond acceptors (Lipinski definition) is 3. The molecule has 16 heavy (non-hydrogen) atoms. The molecule has 3 N–H and O–H groups in total. The highest BCUT2D eigenvalue weighted by atomic mass is 79.9. The summed E-state index contributed by atoms with van der Waals surface area (Å²) in [4.78, 5) is 0.